The number of H-pyrrole nitrogens is 2. The summed E-state index contributed by atoms with van der Waals surface area (Å²) in [5.74, 6) is 0.366. The normalized spacial score (nSPS) is 11.7. The Bertz CT molecular complexity index is 1170. The smallest absolute Gasteiger partial charge is 0.287 e. The number of hydrogen-bond acceptors (Lipinski definition) is 2. The Kier molecular flexibility index (Phi) is 2.33. The minimum Gasteiger partial charge on any atom is -0.287 e. The average Bonchev–Trinajstić information content (AvgIpc) is 3.13. The molecule has 6 heteroatoms. The lowest BCUT2D eigenvalue weighted by atomic mass is 10.2. The van der Waals surface area contributed by atoms with E-state index in [2.05, 4.69) is 20.1 Å². The highest BCUT2D eigenvalue weighted by Gasteiger charge is 2.16. The monoisotopic (exact) mass is 304 g/mol. The number of para-hydroxylation sites is 1. The number of aromatic amines is 2. The number of nitrogens with zero attached hydrogens (tertiary/aromatic N) is 3. The molecule has 3 heterocycles. The van der Waals surface area contributed by atoms with Crippen molar-refractivity contribution in [2.24, 2.45) is 0 Å². The van der Waals surface area contributed by atoms with E-state index in [9.17, 15) is 4.39 Å². The lowest BCUT2D eigenvalue weighted by Crippen LogP contribution is -2.11. The second-order valence-corrected chi connectivity index (χ2v) is 5.42. The molecule has 0 aliphatic carbocycles. The van der Waals surface area contributed by atoms with Gasteiger partial charge in [-0.05, 0) is 36.4 Å². The maximum atomic E-state index is 13.1. The molecular weight excluding hydrogens is 293 g/mol. The van der Waals surface area contributed by atoms with Crippen LogP contribution < -0.4 is 4.98 Å². The predicted octanol–water partition coefficient (Wildman–Crippen LogP) is 2.98. The molecule has 5 aromatic rings. The van der Waals surface area contributed by atoms with Crippen LogP contribution in [0.15, 0.2) is 54.7 Å². The maximum absolute atomic E-state index is 13.1. The number of halogens is 1. The third-order valence-electron chi connectivity index (χ3n) is 3.95. The summed E-state index contributed by atoms with van der Waals surface area (Å²) in [6.07, 6.45) is 1.83. The number of aromatic nitrogens is 5. The second kappa shape index (κ2) is 4.36. The first kappa shape index (κ1) is 12.3. The number of imidazole rings is 1. The Labute approximate surface area is 129 Å². The van der Waals surface area contributed by atoms with Gasteiger partial charge in [0.15, 0.2) is 11.2 Å². The lowest BCUT2D eigenvalue weighted by Gasteiger charge is -1.91. The molecule has 0 amide bonds. The molecule has 5 nitrogen and oxygen atoms in total. The van der Waals surface area contributed by atoms with Gasteiger partial charge in [0, 0.05) is 10.9 Å². The Morgan fingerprint density at radius 3 is 2.74 bits per heavy atom. The molecule has 0 atom stereocenters. The number of fused-ring (bicyclic) bond motifs is 4. The molecule has 0 aliphatic heterocycles. The third-order valence-corrected chi connectivity index (χ3v) is 3.95. The quantitative estimate of drug-likeness (QED) is 0.517. The van der Waals surface area contributed by atoms with Crippen LogP contribution in [-0.4, -0.2) is 19.6 Å². The Morgan fingerprint density at radius 2 is 1.87 bits per heavy atom. The van der Waals surface area contributed by atoms with Crippen LogP contribution in [0.25, 0.3) is 39.1 Å². The molecule has 0 aliphatic rings. The van der Waals surface area contributed by atoms with Crippen LogP contribution in [-0.2, 0) is 0 Å². The van der Waals surface area contributed by atoms with E-state index in [0.29, 0.717) is 5.78 Å². The minimum atomic E-state index is -0.262. The standard InChI is InChI=1S/C17H10FN5/c18-11-7-5-10(6-8-11)14-9-23-17(20-14)21-16-15(22-23)12-3-1-2-4-13(12)19-16/h1-9H,(H,19,20,21)/p+1. The zero-order chi connectivity index (χ0) is 15.4. The van der Waals surface area contributed by atoms with E-state index in [0.717, 1.165) is 33.3 Å². The van der Waals surface area contributed by atoms with E-state index in [1.54, 1.807) is 16.6 Å². The van der Waals surface area contributed by atoms with Crippen LogP contribution in [0, 0.1) is 5.82 Å². The highest BCUT2D eigenvalue weighted by Crippen LogP contribution is 2.22. The van der Waals surface area contributed by atoms with Crippen molar-refractivity contribution < 1.29 is 9.37 Å². The summed E-state index contributed by atoms with van der Waals surface area (Å²) < 4.78 is 14.8. The number of rotatable bonds is 1. The van der Waals surface area contributed by atoms with Gasteiger partial charge in [-0.25, -0.2) is 9.37 Å². The van der Waals surface area contributed by atoms with Gasteiger partial charge in [-0.3, -0.25) is 4.98 Å². The van der Waals surface area contributed by atoms with Gasteiger partial charge < -0.3 is 0 Å². The van der Waals surface area contributed by atoms with Gasteiger partial charge in [0.05, 0.1) is 5.52 Å². The van der Waals surface area contributed by atoms with E-state index in [4.69, 9.17) is 0 Å². The predicted molar refractivity (Wildman–Crippen MR) is 84.3 cm³/mol. The van der Waals surface area contributed by atoms with Gasteiger partial charge >= 0.3 is 5.78 Å². The van der Waals surface area contributed by atoms with E-state index in [1.807, 2.05) is 30.5 Å². The van der Waals surface area contributed by atoms with Gasteiger partial charge in [0.1, 0.15) is 12.0 Å². The highest BCUT2D eigenvalue weighted by molar-refractivity contribution is 6.02. The molecule has 0 radical (unpaired) electrons. The molecule has 0 spiro atoms. The lowest BCUT2D eigenvalue weighted by molar-refractivity contribution is -0.322. The van der Waals surface area contributed by atoms with E-state index < -0.39 is 0 Å². The van der Waals surface area contributed by atoms with Gasteiger partial charge in [0.25, 0.3) is 0 Å². The number of nitrogens with one attached hydrogen (secondary N) is 2. The molecule has 0 bridgehead atoms. The summed E-state index contributed by atoms with van der Waals surface area (Å²) in [6, 6.07) is 14.3. The SMILES string of the molecule is Fc1ccc(-c2cn3nc4c([nH]c5ccccc54)[nH+]c3n2)cc1. The van der Waals surface area contributed by atoms with Crippen LogP contribution in [0.5, 0.6) is 0 Å². The zero-order valence-electron chi connectivity index (χ0n) is 11.9. The van der Waals surface area contributed by atoms with E-state index >= 15 is 0 Å². The van der Waals surface area contributed by atoms with Crippen molar-refractivity contribution in [3.05, 3.63) is 60.5 Å². The first-order chi connectivity index (χ1) is 11.3. The molecular formula is C17H11FN5+. The fourth-order valence-corrected chi connectivity index (χ4v) is 2.83. The highest BCUT2D eigenvalue weighted by atomic mass is 19.1. The van der Waals surface area contributed by atoms with Crippen LogP contribution in [0.1, 0.15) is 0 Å². The molecule has 3 aromatic heterocycles. The van der Waals surface area contributed by atoms with Crippen LogP contribution in [0.3, 0.4) is 0 Å². The molecule has 2 aromatic carbocycles. The fourth-order valence-electron chi connectivity index (χ4n) is 2.83. The molecule has 5 rings (SSSR count). The van der Waals surface area contributed by atoms with Crippen LogP contribution >= 0.6 is 0 Å². The molecule has 0 fully saturated rings. The van der Waals surface area contributed by atoms with Crippen molar-refractivity contribution in [2.45, 2.75) is 0 Å². The fraction of sp³-hybridized carbons (Fsp3) is 0. The molecule has 0 saturated carbocycles. The van der Waals surface area contributed by atoms with Crippen molar-refractivity contribution in [3.8, 4) is 11.3 Å². The zero-order valence-corrected chi connectivity index (χ0v) is 11.9. The number of benzene rings is 2. The minimum absolute atomic E-state index is 0.262. The molecule has 110 valence electrons. The largest absolute Gasteiger partial charge is 0.375 e. The van der Waals surface area contributed by atoms with Gasteiger partial charge in [-0.2, -0.15) is 0 Å². The Hall–Kier alpha value is -3.28. The summed E-state index contributed by atoms with van der Waals surface area (Å²) >= 11 is 0. The van der Waals surface area contributed by atoms with Crippen molar-refractivity contribution in [2.75, 3.05) is 0 Å². The Balaban J connectivity index is 1.76. The van der Waals surface area contributed by atoms with Gasteiger partial charge in [-0.1, -0.05) is 12.1 Å². The summed E-state index contributed by atoms with van der Waals surface area (Å²) in [6.45, 7) is 0. The van der Waals surface area contributed by atoms with Crippen molar-refractivity contribution in [1.29, 1.82) is 0 Å². The van der Waals surface area contributed by atoms with E-state index in [-0.39, 0.29) is 5.82 Å². The van der Waals surface area contributed by atoms with Crippen molar-refractivity contribution in [1.82, 2.24) is 19.6 Å². The van der Waals surface area contributed by atoms with Crippen molar-refractivity contribution in [3.63, 3.8) is 0 Å². The second-order valence-electron chi connectivity index (χ2n) is 5.42. The molecule has 0 saturated heterocycles. The Morgan fingerprint density at radius 1 is 1.04 bits per heavy atom. The summed E-state index contributed by atoms with van der Waals surface area (Å²) in [5, 5.41) is 5.70. The average molecular weight is 304 g/mol. The molecule has 2 N–H and O–H groups in total. The first-order valence-electron chi connectivity index (χ1n) is 7.23. The molecule has 0 unspecified atom stereocenters. The number of hydrogen-bond donors (Lipinski definition) is 1. The third kappa shape index (κ3) is 1.81. The maximum Gasteiger partial charge on any atom is 0.375 e. The molecule has 23 heavy (non-hydrogen) atoms. The van der Waals surface area contributed by atoms with Gasteiger partial charge in [0.2, 0.25) is 5.65 Å². The van der Waals surface area contributed by atoms with Crippen LogP contribution in [0.2, 0.25) is 0 Å². The first-order valence-corrected chi connectivity index (χ1v) is 7.23. The van der Waals surface area contributed by atoms with Crippen molar-refractivity contribution >= 4 is 27.8 Å². The summed E-state index contributed by atoms with van der Waals surface area (Å²) in [7, 11) is 0. The summed E-state index contributed by atoms with van der Waals surface area (Å²) in [5.41, 5.74) is 4.30. The topological polar surface area (TPSA) is 60.1 Å². The summed E-state index contributed by atoms with van der Waals surface area (Å²) in [4.78, 5) is 11.1. The van der Waals surface area contributed by atoms with E-state index in [1.165, 1.54) is 12.1 Å². The van der Waals surface area contributed by atoms with Gasteiger partial charge in [-0.15, -0.1) is 14.6 Å². The van der Waals surface area contributed by atoms with Crippen LogP contribution in [0.4, 0.5) is 4.39 Å².